The zero-order valence-electron chi connectivity index (χ0n) is 21.7. The van der Waals surface area contributed by atoms with Gasteiger partial charge in [-0.2, -0.15) is 0 Å². The topological polar surface area (TPSA) is 129 Å². The molecule has 1 unspecified atom stereocenters. The summed E-state index contributed by atoms with van der Waals surface area (Å²) < 4.78 is 0.950. The lowest BCUT2D eigenvalue weighted by Gasteiger charge is -2.41. The fourth-order valence-corrected chi connectivity index (χ4v) is 6.82. The second-order valence-electron chi connectivity index (χ2n) is 10.3. The number of likely N-dealkylation sites (tertiary alicyclic amines) is 1. The van der Waals surface area contributed by atoms with Gasteiger partial charge < -0.3 is 31.5 Å². The summed E-state index contributed by atoms with van der Waals surface area (Å²) in [7, 11) is 5.39. The number of hydrogen-bond acceptors (Lipinski definition) is 9. The Labute approximate surface area is 221 Å². The van der Waals surface area contributed by atoms with Gasteiger partial charge >= 0.3 is 0 Å². The number of carbonyl (C=O) groups is 2. The Morgan fingerprint density at radius 2 is 1.97 bits per heavy atom. The third-order valence-corrected chi connectivity index (χ3v) is 9.04. The summed E-state index contributed by atoms with van der Waals surface area (Å²) in [6.07, 6.45) is 13.7. The summed E-state index contributed by atoms with van der Waals surface area (Å²) >= 11 is 1.50. The van der Waals surface area contributed by atoms with Gasteiger partial charge in [-0.15, -0.1) is 11.3 Å². The Morgan fingerprint density at radius 1 is 1.24 bits per heavy atom. The van der Waals surface area contributed by atoms with Crippen molar-refractivity contribution in [2.24, 2.45) is 5.73 Å². The van der Waals surface area contributed by atoms with E-state index in [4.69, 9.17) is 10.7 Å². The number of carbonyl (C=O) groups excluding carboxylic acids is 2. The van der Waals surface area contributed by atoms with Crippen molar-refractivity contribution in [3.8, 4) is 0 Å². The molecule has 1 saturated heterocycles. The van der Waals surface area contributed by atoms with Gasteiger partial charge in [-0.1, -0.05) is 12.8 Å². The largest absolute Gasteiger partial charge is 0.370 e. The first kappa shape index (κ1) is 25.5. The van der Waals surface area contributed by atoms with E-state index in [2.05, 4.69) is 31.9 Å². The van der Waals surface area contributed by atoms with Crippen LogP contribution in [0, 0.1) is 0 Å². The molecule has 2 aromatic rings. The molecule has 0 spiro atoms. The number of piperidine rings is 1. The average Bonchev–Trinajstić information content (AvgIpc) is 3.56. The molecule has 2 aliphatic heterocycles. The maximum atomic E-state index is 13.0. The number of allylic oxidation sites excluding steroid dienone is 1. The van der Waals surface area contributed by atoms with Crippen LogP contribution in [0.2, 0.25) is 0 Å². The van der Waals surface area contributed by atoms with Gasteiger partial charge in [0.25, 0.3) is 5.91 Å². The van der Waals surface area contributed by atoms with Gasteiger partial charge in [-0.25, -0.2) is 9.97 Å². The van der Waals surface area contributed by atoms with Crippen molar-refractivity contribution >= 4 is 39.3 Å². The highest BCUT2D eigenvalue weighted by Crippen LogP contribution is 2.43. The molecule has 0 radical (unpaired) electrons. The molecule has 198 valence electrons. The first-order valence-corrected chi connectivity index (χ1v) is 13.8. The van der Waals surface area contributed by atoms with Crippen molar-refractivity contribution in [2.75, 3.05) is 39.5 Å². The zero-order valence-corrected chi connectivity index (χ0v) is 22.5. The minimum Gasteiger partial charge on any atom is -0.370 e. The molecule has 1 saturated carbocycles. The van der Waals surface area contributed by atoms with Crippen molar-refractivity contribution in [2.45, 2.75) is 56.1 Å². The molecular weight excluding hydrogens is 488 g/mol. The highest BCUT2D eigenvalue weighted by Gasteiger charge is 2.38. The number of likely N-dealkylation sites (N-methyl/N-ethyl adjacent to an activating group) is 1. The normalized spacial score (nSPS) is 21.5. The summed E-state index contributed by atoms with van der Waals surface area (Å²) in [5.41, 5.74) is 8.07. The number of nitrogens with two attached hydrogens (primary N) is 1. The van der Waals surface area contributed by atoms with Crippen LogP contribution >= 0.6 is 11.3 Å². The molecule has 4 heterocycles. The summed E-state index contributed by atoms with van der Waals surface area (Å²) in [6.45, 7) is 1.49. The SMILES string of the molecule is CNC1(C(N)=O)CCN(C2=CNC(Nc3ncc4sc(C(=O)N(C)C)c(C5CCCC5)c4n3)C=C2)CC1. The number of rotatable bonds is 7. The minimum atomic E-state index is -0.626. The molecule has 0 bridgehead atoms. The summed E-state index contributed by atoms with van der Waals surface area (Å²) in [5.74, 6) is 0.650. The third kappa shape index (κ3) is 4.89. The Hall–Kier alpha value is -3.18. The fourth-order valence-electron chi connectivity index (χ4n) is 5.60. The van der Waals surface area contributed by atoms with Crippen LogP contribution in [0.25, 0.3) is 10.2 Å². The van der Waals surface area contributed by atoms with Gasteiger partial charge in [-0.05, 0) is 50.8 Å². The van der Waals surface area contributed by atoms with Crippen molar-refractivity contribution in [3.05, 3.63) is 40.7 Å². The number of amides is 2. The van der Waals surface area contributed by atoms with Crippen LogP contribution in [-0.4, -0.2) is 77.5 Å². The lowest BCUT2D eigenvalue weighted by Crippen LogP contribution is -2.59. The molecule has 0 aromatic carbocycles. The Balaban J connectivity index is 1.29. The van der Waals surface area contributed by atoms with E-state index in [0.29, 0.717) is 24.7 Å². The van der Waals surface area contributed by atoms with Gasteiger partial charge in [-0.3, -0.25) is 9.59 Å². The molecule has 1 aliphatic carbocycles. The first-order valence-electron chi connectivity index (χ1n) is 13.0. The molecule has 2 amide bonds. The predicted octanol–water partition coefficient (Wildman–Crippen LogP) is 2.33. The molecule has 10 nitrogen and oxygen atoms in total. The number of hydrogen-bond donors (Lipinski definition) is 4. The van der Waals surface area contributed by atoms with Crippen molar-refractivity contribution < 1.29 is 9.59 Å². The third-order valence-electron chi connectivity index (χ3n) is 7.92. The lowest BCUT2D eigenvalue weighted by atomic mass is 9.86. The average molecular weight is 525 g/mol. The van der Waals surface area contributed by atoms with Crippen LogP contribution in [0.3, 0.4) is 0 Å². The van der Waals surface area contributed by atoms with Crippen molar-refractivity contribution in [1.82, 2.24) is 30.4 Å². The number of primary amides is 1. The number of nitrogens with one attached hydrogen (secondary N) is 3. The number of aromatic nitrogens is 2. The monoisotopic (exact) mass is 524 g/mol. The quantitative estimate of drug-likeness (QED) is 0.435. The molecule has 37 heavy (non-hydrogen) atoms. The maximum Gasteiger partial charge on any atom is 0.263 e. The minimum absolute atomic E-state index is 0.0365. The van der Waals surface area contributed by atoms with E-state index >= 15 is 0 Å². The second kappa shape index (κ2) is 10.3. The van der Waals surface area contributed by atoms with E-state index in [1.807, 2.05) is 18.5 Å². The van der Waals surface area contributed by atoms with Gasteiger partial charge in [0.2, 0.25) is 11.9 Å². The van der Waals surface area contributed by atoms with E-state index < -0.39 is 5.54 Å². The predicted molar refractivity (Wildman–Crippen MR) is 146 cm³/mol. The van der Waals surface area contributed by atoms with E-state index in [-0.39, 0.29) is 18.0 Å². The van der Waals surface area contributed by atoms with Crippen LogP contribution in [0.15, 0.2) is 30.2 Å². The number of thiophene rings is 1. The molecule has 11 heteroatoms. The van der Waals surface area contributed by atoms with E-state index in [1.54, 1.807) is 26.0 Å². The fraction of sp³-hybridized carbons (Fsp3) is 0.538. The second-order valence-corrected chi connectivity index (χ2v) is 11.4. The summed E-state index contributed by atoms with van der Waals surface area (Å²) in [5, 5.41) is 9.87. The standard InChI is InChI=1S/C26H36N8O2S/c1-28-26(24(27)36)10-12-34(13-11-26)17-8-9-19(29-14-17)31-25-30-15-18-21(32-25)20(16-6-4-5-7-16)22(37-18)23(35)33(2)3/h8-9,14-16,19,28-29H,4-7,10-13H2,1-3H3,(H2,27,36)(H,30,31,32). The van der Waals surface area contributed by atoms with Crippen LogP contribution in [0.1, 0.15) is 59.7 Å². The number of nitrogens with zero attached hydrogens (tertiary/aromatic N) is 4. The maximum absolute atomic E-state index is 13.0. The van der Waals surface area contributed by atoms with Crippen LogP contribution < -0.4 is 21.7 Å². The van der Waals surface area contributed by atoms with Crippen LogP contribution in [0.5, 0.6) is 0 Å². The first-order chi connectivity index (χ1) is 17.8. The summed E-state index contributed by atoms with van der Waals surface area (Å²) in [6, 6.07) is 0. The molecule has 2 fully saturated rings. The number of anilines is 1. The van der Waals surface area contributed by atoms with Gasteiger partial charge in [0.1, 0.15) is 11.7 Å². The molecule has 5 N–H and O–H groups in total. The highest BCUT2D eigenvalue weighted by molar-refractivity contribution is 7.21. The van der Waals surface area contributed by atoms with Crippen LogP contribution in [0.4, 0.5) is 5.95 Å². The Bertz CT molecular complexity index is 1240. The number of dihydropyridines is 1. The molecule has 1 atom stereocenters. The molecule has 5 rings (SSSR count). The Kier molecular flexibility index (Phi) is 7.09. The number of fused-ring (bicyclic) bond motifs is 1. The molecule has 2 aromatic heterocycles. The summed E-state index contributed by atoms with van der Waals surface area (Å²) in [4.78, 5) is 39.0. The van der Waals surface area contributed by atoms with Crippen molar-refractivity contribution in [3.63, 3.8) is 0 Å². The lowest BCUT2D eigenvalue weighted by molar-refractivity contribution is -0.125. The van der Waals surface area contributed by atoms with Crippen molar-refractivity contribution in [1.29, 1.82) is 0 Å². The van der Waals surface area contributed by atoms with E-state index in [1.165, 1.54) is 24.2 Å². The van der Waals surface area contributed by atoms with E-state index in [0.717, 1.165) is 52.3 Å². The smallest absolute Gasteiger partial charge is 0.263 e. The van der Waals surface area contributed by atoms with Gasteiger partial charge in [0, 0.05) is 38.9 Å². The Morgan fingerprint density at radius 3 is 2.57 bits per heavy atom. The van der Waals surface area contributed by atoms with E-state index in [9.17, 15) is 9.59 Å². The van der Waals surface area contributed by atoms with Crippen LogP contribution in [-0.2, 0) is 4.79 Å². The van der Waals surface area contributed by atoms with Gasteiger partial charge in [0.15, 0.2) is 0 Å². The molecular formula is C26H36N8O2S. The zero-order chi connectivity index (χ0) is 26.2. The molecule has 3 aliphatic rings. The van der Waals surface area contributed by atoms with Gasteiger partial charge in [0.05, 0.1) is 27.0 Å². The highest BCUT2D eigenvalue weighted by atomic mass is 32.1.